The smallest absolute Gasteiger partial charge is 0.136 e. The third-order valence-corrected chi connectivity index (χ3v) is 5.74. The van der Waals surface area contributed by atoms with E-state index in [9.17, 15) is 0 Å². The third kappa shape index (κ3) is 3.96. The summed E-state index contributed by atoms with van der Waals surface area (Å²) in [5.41, 5.74) is 7.65. The van der Waals surface area contributed by atoms with E-state index in [2.05, 4.69) is 68.5 Å². The number of benzene rings is 1. The van der Waals surface area contributed by atoms with Crippen molar-refractivity contribution in [2.75, 3.05) is 32.1 Å². The zero-order valence-corrected chi connectivity index (χ0v) is 18.0. The van der Waals surface area contributed by atoms with E-state index in [0.717, 1.165) is 48.3 Å². The van der Waals surface area contributed by atoms with Crippen molar-refractivity contribution >= 4 is 21.7 Å². The zero-order valence-electron chi connectivity index (χ0n) is 16.4. The minimum atomic E-state index is 0.804. The first-order chi connectivity index (χ1) is 13.7. The molecule has 1 aromatic carbocycles. The Morgan fingerprint density at radius 1 is 1.18 bits per heavy atom. The van der Waals surface area contributed by atoms with Gasteiger partial charge in [0.1, 0.15) is 5.82 Å². The summed E-state index contributed by atoms with van der Waals surface area (Å²) < 4.78 is 1.13. The molecule has 0 amide bonds. The normalized spacial score (nSPS) is 12.0. The van der Waals surface area contributed by atoms with Gasteiger partial charge in [-0.25, -0.2) is 4.98 Å². The van der Waals surface area contributed by atoms with Crippen molar-refractivity contribution < 1.29 is 0 Å². The predicted octanol–water partition coefficient (Wildman–Crippen LogP) is 4.45. The van der Waals surface area contributed by atoms with E-state index in [-0.39, 0.29) is 0 Å². The fraction of sp³-hybridized carbons (Fsp3) is 0.304. The van der Waals surface area contributed by atoms with E-state index in [0.29, 0.717) is 0 Å². The summed E-state index contributed by atoms with van der Waals surface area (Å²) in [6.07, 6.45) is 6.60. The lowest BCUT2D eigenvalue weighted by atomic mass is 10.0. The molecule has 1 aliphatic carbocycles. The number of pyridine rings is 2. The van der Waals surface area contributed by atoms with Crippen molar-refractivity contribution in [1.29, 1.82) is 0 Å². The average Bonchev–Trinajstić information content (AvgIpc) is 3.05. The van der Waals surface area contributed by atoms with Crippen LogP contribution in [-0.2, 0) is 12.8 Å². The van der Waals surface area contributed by atoms with Gasteiger partial charge in [0.05, 0.1) is 0 Å². The molecule has 0 bridgehead atoms. The van der Waals surface area contributed by atoms with E-state index < -0.39 is 0 Å². The Morgan fingerprint density at radius 2 is 2.07 bits per heavy atom. The molecule has 4 nitrogen and oxygen atoms in total. The molecule has 2 aromatic heterocycles. The summed E-state index contributed by atoms with van der Waals surface area (Å²) in [6.45, 7) is 1.98. The number of halogens is 1. The Balaban J connectivity index is 1.74. The molecule has 1 aliphatic rings. The summed E-state index contributed by atoms with van der Waals surface area (Å²) in [4.78, 5) is 11.7. The number of fused-ring (bicyclic) bond motifs is 3. The Labute approximate surface area is 175 Å². The summed E-state index contributed by atoms with van der Waals surface area (Å²) >= 11 is 3.62. The lowest BCUT2D eigenvalue weighted by Gasteiger charge is -2.22. The van der Waals surface area contributed by atoms with E-state index in [4.69, 9.17) is 4.98 Å². The molecule has 0 saturated heterocycles. The molecule has 0 atom stereocenters. The van der Waals surface area contributed by atoms with Gasteiger partial charge in [0, 0.05) is 48.1 Å². The summed E-state index contributed by atoms with van der Waals surface area (Å²) in [5, 5.41) is 3.23. The Morgan fingerprint density at radius 3 is 2.86 bits per heavy atom. The molecule has 4 rings (SSSR count). The summed E-state index contributed by atoms with van der Waals surface area (Å²) in [6, 6.07) is 13.0. The maximum Gasteiger partial charge on any atom is 0.136 e. The summed E-state index contributed by atoms with van der Waals surface area (Å²) in [7, 11) is 4.15. The molecule has 0 spiro atoms. The molecule has 2 heterocycles. The highest BCUT2D eigenvalue weighted by Gasteiger charge is 2.25. The molecule has 144 valence electrons. The molecular formula is C23H25BrN4. The lowest BCUT2D eigenvalue weighted by molar-refractivity contribution is 0.708. The van der Waals surface area contributed by atoms with E-state index >= 15 is 0 Å². The highest BCUT2D eigenvalue weighted by molar-refractivity contribution is 9.10. The highest BCUT2D eigenvalue weighted by Crippen LogP contribution is 2.43. The number of aromatic nitrogens is 2. The average molecular weight is 437 g/mol. The van der Waals surface area contributed by atoms with Crippen LogP contribution in [0.25, 0.3) is 11.1 Å². The van der Waals surface area contributed by atoms with Crippen LogP contribution < -0.4 is 10.2 Å². The minimum Gasteiger partial charge on any atom is -0.359 e. The van der Waals surface area contributed by atoms with Crippen LogP contribution in [0.3, 0.4) is 0 Å². The van der Waals surface area contributed by atoms with Gasteiger partial charge in [0.2, 0.25) is 0 Å². The number of hydrogen-bond acceptors (Lipinski definition) is 4. The first kappa shape index (κ1) is 19.1. The fourth-order valence-electron chi connectivity index (χ4n) is 3.91. The van der Waals surface area contributed by atoms with Gasteiger partial charge in [-0.15, -0.1) is 0 Å². The second kappa shape index (κ2) is 8.41. The SMILES string of the molecule is CNCCCN(C)c1nc(Cc2cccnc2)cc2c1-c1ccc(Br)cc1C2. The maximum absolute atomic E-state index is 5.11. The van der Waals surface area contributed by atoms with Crippen LogP contribution in [-0.4, -0.2) is 37.2 Å². The molecule has 1 N–H and O–H groups in total. The van der Waals surface area contributed by atoms with Gasteiger partial charge in [0.15, 0.2) is 0 Å². The van der Waals surface area contributed by atoms with Crippen molar-refractivity contribution in [3.8, 4) is 11.1 Å². The molecule has 28 heavy (non-hydrogen) atoms. The molecule has 0 radical (unpaired) electrons. The van der Waals surface area contributed by atoms with Crippen molar-refractivity contribution in [3.63, 3.8) is 0 Å². The highest BCUT2D eigenvalue weighted by atomic mass is 79.9. The predicted molar refractivity (Wildman–Crippen MR) is 119 cm³/mol. The van der Waals surface area contributed by atoms with Gasteiger partial charge in [-0.05, 0) is 73.0 Å². The molecule has 5 heteroatoms. The molecular weight excluding hydrogens is 412 g/mol. The lowest BCUT2D eigenvalue weighted by Crippen LogP contribution is -2.24. The van der Waals surface area contributed by atoms with Crippen LogP contribution in [0.5, 0.6) is 0 Å². The van der Waals surface area contributed by atoms with Gasteiger partial charge in [-0.2, -0.15) is 0 Å². The zero-order chi connectivity index (χ0) is 19.5. The number of hydrogen-bond donors (Lipinski definition) is 1. The van der Waals surface area contributed by atoms with Crippen molar-refractivity contribution in [2.45, 2.75) is 19.3 Å². The largest absolute Gasteiger partial charge is 0.359 e. The van der Waals surface area contributed by atoms with Crippen LogP contribution in [0.1, 0.15) is 28.8 Å². The molecule has 0 aliphatic heterocycles. The topological polar surface area (TPSA) is 41.0 Å². The van der Waals surface area contributed by atoms with Gasteiger partial charge in [-0.1, -0.05) is 28.1 Å². The van der Waals surface area contributed by atoms with Crippen LogP contribution in [0.4, 0.5) is 5.82 Å². The molecule has 0 saturated carbocycles. The number of rotatable bonds is 7. The van der Waals surface area contributed by atoms with Crippen molar-refractivity contribution in [1.82, 2.24) is 15.3 Å². The number of nitrogens with one attached hydrogen (secondary N) is 1. The second-order valence-corrected chi connectivity index (χ2v) is 8.28. The maximum atomic E-state index is 5.11. The monoisotopic (exact) mass is 436 g/mol. The van der Waals surface area contributed by atoms with E-state index in [1.165, 1.54) is 27.8 Å². The molecule has 3 aromatic rings. The first-order valence-electron chi connectivity index (χ1n) is 9.72. The van der Waals surface area contributed by atoms with Crippen molar-refractivity contribution in [3.05, 3.63) is 75.6 Å². The Bertz CT molecular complexity index is 972. The van der Waals surface area contributed by atoms with Crippen LogP contribution in [0, 0.1) is 0 Å². The van der Waals surface area contributed by atoms with Crippen LogP contribution >= 0.6 is 15.9 Å². The molecule has 0 fully saturated rings. The van der Waals surface area contributed by atoms with Crippen LogP contribution in [0.15, 0.2) is 53.3 Å². The van der Waals surface area contributed by atoms with Gasteiger partial charge >= 0.3 is 0 Å². The quantitative estimate of drug-likeness (QED) is 0.434. The van der Waals surface area contributed by atoms with Crippen LogP contribution in [0.2, 0.25) is 0 Å². The standard InChI is InChI=1S/C23H25BrN4/c1-25-8-4-10-28(2)23-22-18(12-17-13-19(24)6-7-21(17)22)14-20(27-23)11-16-5-3-9-26-15-16/h3,5-7,9,13-15,25H,4,8,10-12H2,1-2H3. The molecule has 0 unspecified atom stereocenters. The first-order valence-corrected chi connectivity index (χ1v) is 10.5. The van der Waals surface area contributed by atoms with E-state index in [1.807, 2.05) is 25.5 Å². The Kier molecular flexibility index (Phi) is 5.74. The number of anilines is 1. The Hall–Kier alpha value is -2.24. The van der Waals surface area contributed by atoms with Crippen molar-refractivity contribution in [2.24, 2.45) is 0 Å². The van der Waals surface area contributed by atoms with Gasteiger partial charge in [0.25, 0.3) is 0 Å². The van der Waals surface area contributed by atoms with Gasteiger partial charge < -0.3 is 10.2 Å². The minimum absolute atomic E-state index is 0.804. The fourth-order valence-corrected chi connectivity index (χ4v) is 4.32. The van der Waals surface area contributed by atoms with E-state index in [1.54, 1.807) is 0 Å². The third-order valence-electron chi connectivity index (χ3n) is 5.24. The summed E-state index contributed by atoms with van der Waals surface area (Å²) in [5.74, 6) is 1.09. The second-order valence-electron chi connectivity index (χ2n) is 7.37. The van der Waals surface area contributed by atoms with Gasteiger partial charge in [-0.3, -0.25) is 4.98 Å². The number of nitrogens with zero attached hydrogens (tertiary/aromatic N) is 3.